The maximum absolute atomic E-state index is 5.22. The van der Waals surface area contributed by atoms with Crippen molar-refractivity contribution < 1.29 is 0 Å². The summed E-state index contributed by atoms with van der Waals surface area (Å²) >= 11 is 0. The van der Waals surface area contributed by atoms with Crippen LogP contribution in [0.15, 0.2) is 164 Å². The minimum Gasteiger partial charge on any atom is -0.245 e. The van der Waals surface area contributed by atoms with E-state index in [0.717, 1.165) is 94.1 Å². The molecule has 0 aliphatic rings. The standard InChI is InChI=1S/C45H27N5/c1-3-10-28(11-4-1)35-25-21-30-18-19-31-22-26-39(49-43(31)42(30)47-35)37-16-9-17-38(46-37)40-27-23-32-20-24-34-41(29-12-5-2-6-13-29)33-14-7-8-15-36(33)48-45(34)44(32)50-40/h1-27H. The van der Waals surface area contributed by atoms with Crippen molar-refractivity contribution in [2.24, 2.45) is 0 Å². The molecule has 0 bridgehead atoms. The molecule has 5 aromatic heterocycles. The highest BCUT2D eigenvalue weighted by Gasteiger charge is 2.16. The molecule has 10 rings (SSSR count). The van der Waals surface area contributed by atoms with Crippen LogP contribution in [0.2, 0.25) is 0 Å². The van der Waals surface area contributed by atoms with Gasteiger partial charge in [-0.25, -0.2) is 24.9 Å². The Balaban J connectivity index is 1.11. The van der Waals surface area contributed by atoms with Crippen molar-refractivity contribution in [3.8, 4) is 45.2 Å². The minimum absolute atomic E-state index is 0.773. The third-order valence-electron chi connectivity index (χ3n) is 9.44. The quantitative estimate of drug-likeness (QED) is 0.142. The van der Waals surface area contributed by atoms with Crippen molar-refractivity contribution in [2.75, 3.05) is 0 Å². The lowest BCUT2D eigenvalue weighted by Gasteiger charge is -2.13. The highest BCUT2D eigenvalue weighted by atomic mass is 14.8. The number of benzene rings is 5. The summed E-state index contributed by atoms with van der Waals surface area (Å²) in [7, 11) is 0. The summed E-state index contributed by atoms with van der Waals surface area (Å²) in [6.07, 6.45) is 0. The van der Waals surface area contributed by atoms with E-state index in [0.29, 0.717) is 0 Å². The summed E-state index contributed by atoms with van der Waals surface area (Å²) in [6.45, 7) is 0. The van der Waals surface area contributed by atoms with Crippen molar-refractivity contribution in [1.29, 1.82) is 0 Å². The number of nitrogens with zero attached hydrogens (tertiary/aromatic N) is 5. The molecule has 0 radical (unpaired) electrons. The van der Waals surface area contributed by atoms with Gasteiger partial charge < -0.3 is 0 Å². The van der Waals surface area contributed by atoms with Gasteiger partial charge in [0.1, 0.15) is 0 Å². The van der Waals surface area contributed by atoms with Crippen LogP contribution in [0.3, 0.4) is 0 Å². The lowest BCUT2D eigenvalue weighted by atomic mass is 9.95. The van der Waals surface area contributed by atoms with Gasteiger partial charge in [0.15, 0.2) is 0 Å². The molecule has 0 fully saturated rings. The van der Waals surface area contributed by atoms with Gasteiger partial charge in [0.05, 0.1) is 56.1 Å². The number of aromatic nitrogens is 5. The largest absolute Gasteiger partial charge is 0.245 e. The predicted molar refractivity (Wildman–Crippen MR) is 205 cm³/mol. The molecule has 0 atom stereocenters. The van der Waals surface area contributed by atoms with Gasteiger partial charge in [0.25, 0.3) is 0 Å². The third-order valence-corrected chi connectivity index (χ3v) is 9.44. The SMILES string of the molecule is c1ccc(-c2ccc3ccc4ccc(-c5cccc(-c6ccc7ccc8c(-c9ccccc9)c9ccccc9nc8c7n6)n5)nc4c3n2)cc1. The van der Waals surface area contributed by atoms with E-state index in [-0.39, 0.29) is 0 Å². The number of hydrogen-bond donors (Lipinski definition) is 0. The summed E-state index contributed by atoms with van der Waals surface area (Å²) in [6, 6.07) is 56.1. The Hall–Kier alpha value is -6.85. The van der Waals surface area contributed by atoms with Gasteiger partial charge in [0, 0.05) is 38.1 Å². The summed E-state index contributed by atoms with van der Waals surface area (Å²) < 4.78 is 0. The first-order valence-corrected chi connectivity index (χ1v) is 16.7. The Labute approximate surface area is 287 Å². The summed E-state index contributed by atoms with van der Waals surface area (Å²) in [4.78, 5) is 25.7. The van der Waals surface area contributed by atoms with Crippen LogP contribution in [0.4, 0.5) is 0 Å². The fourth-order valence-corrected chi connectivity index (χ4v) is 7.00. The molecule has 5 nitrogen and oxygen atoms in total. The van der Waals surface area contributed by atoms with E-state index in [2.05, 4.69) is 103 Å². The second kappa shape index (κ2) is 11.4. The second-order valence-electron chi connectivity index (χ2n) is 12.5. The molecule has 5 heterocycles. The molecule has 5 heteroatoms. The van der Waals surface area contributed by atoms with Gasteiger partial charge >= 0.3 is 0 Å². The maximum atomic E-state index is 5.22. The Morgan fingerprint density at radius 3 is 1.40 bits per heavy atom. The summed E-state index contributed by atoms with van der Waals surface area (Å²) in [5.74, 6) is 0. The molecule has 0 saturated heterocycles. The first kappa shape index (κ1) is 28.2. The summed E-state index contributed by atoms with van der Waals surface area (Å²) in [5, 5.41) is 5.31. The van der Waals surface area contributed by atoms with Crippen LogP contribution >= 0.6 is 0 Å². The van der Waals surface area contributed by atoms with Crippen molar-refractivity contribution in [3.63, 3.8) is 0 Å². The van der Waals surface area contributed by atoms with Gasteiger partial charge in [-0.1, -0.05) is 127 Å². The van der Waals surface area contributed by atoms with Crippen LogP contribution in [-0.2, 0) is 0 Å². The number of rotatable bonds is 4. The zero-order chi connectivity index (χ0) is 33.0. The van der Waals surface area contributed by atoms with Gasteiger partial charge in [-0.3, -0.25) is 0 Å². The highest BCUT2D eigenvalue weighted by molar-refractivity contribution is 6.16. The van der Waals surface area contributed by atoms with E-state index in [1.165, 1.54) is 5.56 Å². The van der Waals surface area contributed by atoms with Crippen molar-refractivity contribution in [1.82, 2.24) is 24.9 Å². The van der Waals surface area contributed by atoms with Crippen LogP contribution in [0.5, 0.6) is 0 Å². The molecule has 0 aliphatic carbocycles. The molecule has 0 unspecified atom stereocenters. The van der Waals surface area contributed by atoms with Crippen molar-refractivity contribution >= 4 is 54.5 Å². The Morgan fingerprint density at radius 2 is 0.740 bits per heavy atom. The van der Waals surface area contributed by atoms with Crippen LogP contribution < -0.4 is 0 Å². The molecule has 0 spiro atoms. The first-order chi connectivity index (χ1) is 24.8. The van der Waals surface area contributed by atoms with E-state index in [1.807, 2.05) is 60.7 Å². The molecule has 0 amide bonds. The van der Waals surface area contributed by atoms with E-state index in [9.17, 15) is 0 Å². The van der Waals surface area contributed by atoms with E-state index in [4.69, 9.17) is 24.9 Å². The lowest BCUT2D eigenvalue weighted by Crippen LogP contribution is -1.95. The zero-order valence-corrected chi connectivity index (χ0v) is 26.8. The minimum atomic E-state index is 0.773. The van der Waals surface area contributed by atoms with Crippen LogP contribution in [0.1, 0.15) is 0 Å². The zero-order valence-electron chi connectivity index (χ0n) is 26.8. The van der Waals surface area contributed by atoms with Crippen LogP contribution in [-0.4, -0.2) is 24.9 Å². The third kappa shape index (κ3) is 4.67. The Bertz CT molecular complexity index is 2920. The average molecular weight is 638 g/mol. The fraction of sp³-hybridized carbons (Fsp3) is 0. The molecule has 0 aliphatic heterocycles. The highest BCUT2D eigenvalue weighted by Crippen LogP contribution is 2.38. The van der Waals surface area contributed by atoms with Gasteiger partial charge in [-0.05, 0) is 42.0 Å². The van der Waals surface area contributed by atoms with E-state index >= 15 is 0 Å². The Kier molecular flexibility index (Phi) is 6.42. The molecule has 0 saturated carbocycles. The first-order valence-electron chi connectivity index (χ1n) is 16.7. The summed E-state index contributed by atoms with van der Waals surface area (Å²) in [5.41, 5.74) is 11.8. The van der Waals surface area contributed by atoms with Gasteiger partial charge in [-0.15, -0.1) is 0 Å². The maximum Gasteiger partial charge on any atom is 0.0978 e. The number of para-hydroxylation sites is 1. The number of hydrogen-bond acceptors (Lipinski definition) is 5. The van der Waals surface area contributed by atoms with Crippen LogP contribution in [0, 0.1) is 0 Å². The smallest absolute Gasteiger partial charge is 0.0978 e. The fourth-order valence-electron chi connectivity index (χ4n) is 7.00. The molecule has 10 aromatic rings. The number of fused-ring (bicyclic) bond motifs is 7. The van der Waals surface area contributed by atoms with E-state index in [1.54, 1.807) is 0 Å². The van der Waals surface area contributed by atoms with Gasteiger partial charge in [0.2, 0.25) is 0 Å². The average Bonchev–Trinajstić information content (AvgIpc) is 3.20. The molecular formula is C45H27N5. The molecular weight excluding hydrogens is 611 g/mol. The molecule has 232 valence electrons. The predicted octanol–water partition coefficient (Wildman–Crippen LogP) is 11.1. The lowest BCUT2D eigenvalue weighted by molar-refractivity contribution is 1.25. The Morgan fingerprint density at radius 1 is 0.260 bits per heavy atom. The molecule has 50 heavy (non-hydrogen) atoms. The topological polar surface area (TPSA) is 64.5 Å². The van der Waals surface area contributed by atoms with Crippen molar-refractivity contribution in [2.45, 2.75) is 0 Å². The van der Waals surface area contributed by atoms with Gasteiger partial charge in [-0.2, -0.15) is 0 Å². The monoisotopic (exact) mass is 637 g/mol. The molecule has 0 N–H and O–H groups in total. The second-order valence-corrected chi connectivity index (χ2v) is 12.5. The van der Waals surface area contributed by atoms with Crippen LogP contribution in [0.25, 0.3) is 99.7 Å². The molecule has 5 aromatic carbocycles. The van der Waals surface area contributed by atoms with Crippen molar-refractivity contribution in [3.05, 3.63) is 164 Å². The van der Waals surface area contributed by atoms with E-state index < -0.39 is 0 Å². The number of pyridine rings is 5. The normalized spacial score (nSPS) is 11.6.